The highest BCUT2D eigenvalue weighted by Gasteiger charge is 2.51. The summed E-state index contributed by atoms with van der Waals surface area (Å²) in [7, 11) is -0.599. The Balaban J connectivity index is 1.83. The lowest BCUT2D eigenvalue weighted by Gasteiger charge is -2.32. The molecule has 2 aliphatic rings. The smallest absolute Gasteiger partial charge is 0.399 e. The molecule has 25 heavy (non-hydrogen) atoms. The molecule has 0 aromatic heterocycles. The topological polar surface area (TPSA) is 38.8 Å². The first-order valence-corrected chi connectivity index (χ1v) is 9.05. The van der Waals surface area contributed by atoms with Crippen LogP contribution in [-0.2, 0) is 9.31 Å². The summed E-state index contributed by atoms with van der Waals surface area (Å²) in [4.78, 5) is 14.5. The summed E-state index contributed by atoms with van der Waals surface area (Å²) in [6, 6.07) is 4.55. The molecule has 1 aromatic carbocycles. The summed E-state index contributed by atoms with van der Waals surface area (Å²) in [6.07, 6.45) is 1.93. The van der Waals surface area contributed by atoms with Gasteiger partial charge in [-0.15, -0.1) is 0 Å². The first kappa shape index (κ1) is 18.4. The van der Waals surface area contributed by atoms with E-state index in [1.54, 1.807) is 17.0 Å². The van der Waals surface area contributed by atoms with E-state index in [4.69, 9.17) is 9.31 Å². The van der Waals surface area contributed by atoms with Gasteiger partial charge in [-0.1, -0.05) is 13.0 Å². The second kappa shape index (κ2) is 6.40. The van der Waals surface area contributed by atoms with Crippen LogP contribution in [0.25, 0.3) is 0 Å². The van der Waals surface area contributed by atoms with E-state index in [9.17, 15) is 9.18 Å². The van der Waals surface area contributed by atoms with Crippen LogP contribution in [0.4, 0.5) is 4.39 Å². The number of carbonyl (C=O) groups is 1. The quantitative estimate of drug-likeness (QED) is 0.772. The molecule has 6 heteroatoms. The minimum absolute atomic E-state index is 0.0989. The van der Waals surface area contributed by atoms with Gasteiger partial charge in [-0.05, 0) is 64.1 Å². The van der Waals surface area contributed by atoms with Crippen molar-refractivity contribution in [3.8, 4) is 0 Å². The number of carbonyl (C=O) groups excluding carboxylic acids is 1. The van der Waals surface area contributed by atoms with E-state index < -0.39 is 24.1 Å². The molecule has 2 fully saturated rings. The predicted molar refractivity (Wildman–Crippen MR) is 96.4 cm³/mol. The van der Waals surface area contributed by atoms with E-state index in [0.29, 0.717) is 24.5 Å². The number of amides is 1. The number of rotatable bonds is 2. The van der Waals surface area contributed by atoms with Gasteiger partial charge in [0, 0.05) is 13.1 Å². The normalized spacial score (nSPS) is 23.1. The summed E-state index contributed by atoms with van der Waals surface area (Å²) in [5.74, 6) is -0.128. The third kappa shape index (κ3) is 3.47. The molecule has 2 heterocycles. The molecule has 136 valence electrons. The third-order valence-electron chi connectivity index (χ3n) is 5.82. The fourth-order valence-electron chi connectivity index (χ4n) is 3.21. The van der Waals surface area contributed by atoms with E-state index in [2.05, 4.69) is 6.92 Å². The fraction of sp³-hybridized carbons (Fsp3) is 0.632. The van der Waals surface area contributed by atoms with Crippen molar-refractivity contribution in [2.75, 3.05) is 13.1 Å². The van der Waals surface area contributed by atoms with Crippen LogP contribution >= 0.6 is 0 Å². The first-order chi connectivity index (χ1) is 11.6. The Kier molecular flexibility index (Phi) is 4.71. The first-order valence-electron chi connectivity index (χ1n) is 9.05. The fourth-order valence-corrected chi connectivity index (χ4v) is 3.21. The van der Waals surface area contributed by atoms with Crippen molar-refractivity contribution in [1.82, 2.24) is 4.90 Å². The standard InChI is InChI=1S/C19H27BFNO3/c1-13-8-10-22(11-9-13)17(23)15-12-14(6-7-16(15)21)20-24-18(2,3)19(4,5)25-20/h6-7,12-13H,8-11H2,1-5H3. The maximum absolute atomic E-state index is 14.3. The highest BCUT2D eigenvalue weighted by molar-refractivity contribution is 6.62. The monoisotopic (exact) mass is 347 g/mol. The third-order valence-corrected chi connectivity index (χ3v) is 5.82. The van der Waals surface area contributed by atoms with Gasteiger partial charge >= 0.3 is 7.12 Å². The molecule has 0 radical (unpaired) electrons. The number of likely N-dealkylation sites (tertiary alicyclic amines) is 1. The van der Waals surface area contributed by atoms with Gasteiger partial charge in [-0.3, -0.25) is 4.79 Å². The molecule has 2 aliphatic heterocycles. The molecule has 0 bridgehead atoms. The highest BCUT2D eigenvalue weighted by atomic mass is 19.1. The van der Waals surface area contributed by atoms with Crippen molar-refractivity contribution in [2.45, 2.75) is 58.7 Å². The molecule has 0 aliphatic carbocycles. The molecular weight excluding hydrogens is 320 g/mol. The van der Waals surface area contributed by atoms with Crippen molar-refractivity contribution < 1.29 is 18.5 Å². The zero-order valence-corrected chi connectivity index (χ0v) is 15.8. The molecular formula is C19H27BFNO3. The van der Waals surface area contributed by atoms with Gasteiger partial charge in [0.05, 0.1) is 16.8 Å². The van der Waals surface area contributed by atoms with Crippen LogP contribution in [0.15, 0.2) is 18.2 Å². The maximum Gasteiger partial charge on any atom is 0.494 e. The van der Waals surface area contributed by atoms with Crippen molar-refractivity contribution >= 4 is 18.5 Å². The molecule has 2 saturated heterocycles. The summed E-state index contributed by atoms with van der Waals surface area (Å²) >= 11 is 0. The lowest BCUT2D eigenvalue weighted by atomic mass is 9.78. The van der Waals surface area contributed by atoms with E-state index in [-0.39, 0.29) is 11.5 Å². The van der Waals surface area contributed by atoms with Gasteiger partial charge in [0.25, 0.3) is 5.91 Å². The Morgan fingerprint density at radius 2 is 1.72 bits per heavy atom. The lowest BCUT2D eigenvalue weighted by molar-refractivity contribution is 0.00578. The number of hydrogen-bond donors (Lipinski definition) is 0. The van der Waals surface area contributed by atoms with Crippen LogP contribution in [0.5, 0.6) is 0 Å². The Bertz CT molecular complexity index is 653. The summed E-state index contributed by atoms with van der Waals surface area (Å²) in [5.41, 5.74) is -0.172. The average Bonchev–Trinajstić information content (AvgIpc) is 2.76. The molecule has 1 amide bonds. The van der Waals surface area contributed by atoms with Gasteiger partial charge < -0.3 is 14.2 Å². The molecule has 0 N–H and O–H groups in total. The van der Waals surface area contributed by atoms with Crippen LogP contribution in [-0.4, -0.2) is 42.2 Å². The SMILES string of the molecule is CC1CCN(C(=O)c2cc(B3OC(C)(C)C(C)(C)O3)ccc2F)CC1. The van der Waals surface area contributed by atoms with Crippen LogP contribution < -0.4 is 5.46 Å². The zero-order valence-electron chi connectivity index (χ0n) is 15.8. The van der Waals surface area contributed by atoms with Crippen LogP contribution in [0.3, 0.4) is 0 Å². The van der Waals surface area contributed by atoms with Crippen molar-refractivity contribution in [2.24, 2.45) is 5.92 Å². The number of nitrogens with zero attached hydrogens (tertiary/aromatic N) is 1. The number of halogens is 1. The molecule has 1 aromatic rings. The predicted octanol–water partition coefficient (Wildman–Crippen LogP) is 3.00. The second-order valence-corrected chi connectivity index (χ2v) is 8.30. The van der Waals surface area contributed by atoms with Gasteiger partial charge in [-0.2, -0.15) is 0 Å². The van der Waals surface area contributed by atoms with Crippen molar-refractivity contribution in [1.29, 1.82) is 0 Å². The van der Waals surface area contributed by atoms with Crippen LogP contribution in [0.1, 0.15) is 57.8 Å². The summed E-state index contributed by atoms with van der Waals surface area (Å²) in [5, 5.41) is 0. The van der Waals surface area contributed by atoms with Gasteiger partial charge in [0.1, 0.15) is 5.82 Å². The summed E-state index contributed by atoms with van der Waals surface area (Å²) < 4.78 is 26.3. The van der Waals surface area contributed by atoms with Gasteiger partial charge in [0.2, 0.25) is 0 Å². The van der Waals surface area contributed by atoms with Crippen molar-refractivity contribution in [3.63, 3.8) is 0 Å². The van der Waals surface area contributed by atoms with Gasteiger partial charge in [-0.25, -0.2) is 4.39 Å². The Hall–Kier alpha value is -1.40. The maximum atomic E-state index is 14.3. The van der Waals surface area contributed by atoms with E-state index >= 15 is 0 Å². The zero-order chi connectivity index (χ0) is 18.4. The van der Waals surface area contributed by atoms with E-state index in [1.807, 2.05) is 27.7 Å². The van der Waals surface area contributed by atoms with E-state index in [1.165, 1.54) is 6.07 Å². The number of benzene rings is 1. The Labute approximate surface area is 149 Å². The molecule has 4 nitrogen and oxygen atoms in total. The Morgan fingerprint density at radius 1 is 1.16 bits per heavy atom. The van der Waals surface area contributed by atoms with E-state index in [0.717, 1.165) is 12.8 Å². The molecule has 0 unspecified atom stereocenters. The molecule has 0 spiro atoms. The van der Waals surface area contributed by atoms with Gasteiger partial charge in [0.15, 0.2) is 0 Å². The molecule has 3 rings (SSSR count). The Morgan fingerprint density at radius 3 is 2.28 bits per heavy atom. The minimum atomic E-state index is -0.599. The van der Waals surface area contributed by atoms with Crippen LogP contribution in [0, 0.1) is 11.7 Å². The minimum Gasteiger partial charge on any atom is -0.399 e. The number of hydrogen-bond acceptors (Lipinski definition) is 3. The lowest BCUT2D eigenvalue weighted by Crippen LogP contribution is -2.41. The summed E-state index contributed by atoms with van der Waals surface area (Å²) in [6.45, 7) is 11.4. The molecule has 0 atom stereocenters. The second-order valence-electron chi connectivity index (χ2n) is 8.30. The average molecular weight is 347 g/mol. The van der Waals surface area contributed by atoms with Crippen LogP contribution in [0.2, 0.25) is 0 Å². The largest absolute Gasteiger partial charge is 0.494 e. The van der Waals surface area contributed by atoms with Crippen molar-refractivity contribution in [3.05, 3.63) is 29.6 Å². The number of piperidine rings is 1. The highest BCUT2D eigenvalue weighted by Crippen LogP contribution is 2.36. The molecule has 0 saturated carbocycles.